The molecule has 1 aliphatic rings. The summed E-state index contributed by atoms with van der Waals surface area (Å²) in [6.07, 6.45) is 5.35. The summed E-state index contributed by atoms with van der Waals surface area (Å²) in [7, 11) is 0. The Bertz CT molecular complexity index is 450. The highest BCUT2D eigenvalue weighted by molar-refractivity contribution is 6.32. The van der Waals surface area contributed by atoms with E-state index < -0.39 is 0 Å². The number of aromatic nitrogens is 1. The molecule has 0 aromatic carbocycles. The molecular weight excluding hydrogens is 250 g/mol. The third-order valence-electron chi connectivity index (χ3n) is 3.32. The predicted octanol–water partition coefficient (Wildman–Crippen LogP) is 2.50. The van der Waals surface area contributed by atoms with Gasteiger partial charge in [-0.3, -0.25) is 4.79 Å². The van der Waals surface area contributed by atoms with Crippen molar-refractivity contribution >= 4 is 23.2 Å². The summed E-state index contributed by atoms with van der Waals surface area (Å²) < 4.78 is 0. The second kappa shape index (κ2) is 5.67. The Morgan fingerprint density at radius 3 is 3.06 bits per heavy atom. The molecule has 0 bridgehead atoms. The first-order chi connectivity index (χ1) is 8.56. The highest BCUT2D eigenvalue weighted by Crippen LogP contribution is 2.26. The lowest BCUT2D eigenvalue weighted by Gasteiger charge is -2.25. The molecule has 5 heteroatoms. The van der Waals surface area contributed by atoms with Crippen molar-refractivity contribution in [3.8, 4) is 0 Å². The second-order valence-corrected chi connectivity index (χ2v) is 5.32. The summed E-state index contributed by atoms with van der Waals surface area (Å²) in [5.41, 5.74) is 7.44. The quantitative estimate of drug-likeness (QED) is 0.809. The number of hydrogen-bond donors (Lipinski definition) is 2. The Morgan fingerprint density at radius 2 is 2.33 bits per heavy atom. The molecule has 1 aromatic heterocycles. The van der Waals surface area contributed by atoms with Crippen LogP contribution in [0.15, 0.2) is 12.3 Å². The number of carbonyl (C=O) groups is 1. The van der Waals surface area contributed by atoms with E-state index in [0.29, 0.717) is 10.8 Å². The number of halogens is 1. The minimum Gasteiger partial charge on any atom is -0.328 e. The van der Waals surface area contributed by atoms with E-state index in [-0.39, 0.29) is 17.9 Å². The molecule has 4 nitrogen and oxygen atoms in total. The third kappa shape index (κ3) is 3.21. The van der Waals surface area contributed by atoms with Crippen molar-refractivity contribution in [3.05, 3.63) is 23.0 Å². The number of nitrogens with two attached hydrogens (primary N) is 1. The van der Waals surface area contributed by atoms with Gasteiger partial charge in [0.15, 0.2) is 5.15 Å². The molecule has 18 heavy (non-hydrogen) atoms. The Labute approximate surface area is 112 Å². The molecule has 2 unspecified atom stereocenters. The molecule has 1 amide bonds. The first-order valence-electron chi connectivity index (χ1n) is 6.25. The smallest absolute Gasteiger partial charge is 0.227 e. The van der Waals surface area contributed by atoms with Crippen molar-refractivity contribution in [3.63, 3.8) is 0 Å². The Balaban J connectivity index is 2.04. The summed E-state index contributed by atoms with van der Waals surface area (Å²) in [4.78, 5) is 16.1. The molecule has 1 saturated carbocycles. The van der Waals surface area contributed by atoms with E-state index in [1.165, 1.54) is 0 Å². The minimum atomic E-state index is -0.00895. The van der Waals surface area contributed by atoms with Gasteiger partial charge in [0.25, 0.3) is 0 Å². The molecule has 98 valence electrons. The summed E-state index contributed by atoms with van der Waals surface area (Å²) in [6.45, 7) is 1.91. The zero-order chi connectivity index (χ0) is 13.1. The fraction of sp³-hybridized carbons (Fsp3) is 0.538. The van der Waals surface area contributed by atoms with E-state index in [1.54, 1.807) is 6.20 Å². The highest BCUT2D eigenvalue weighted by Gasteiger charge is 2.25. The number of anilines is 1. The number of aryl methyl sites for hydroxylation is 1. The molecule has 0 aliphatic heterocycles. The van der Waals surface area contributed by atoms with Crippen LogP contribution in [0.5, 0.6) is 0 Å². The number of nitrogens with zero attached hydrogens (tertiary/aromatic N) is 1. The van der Waals surface area contributed by atoms with E-state index >= 15 is 0 Å². The lowest BCUT2D eigenvalue weighted by atomic mass is 9.85. The van der Waals surface area contributed by atoms with Crippen LogP contribution in [0.1, 0.15) is 31.2 Å². The van der Waals surface area contributed by atoms with Crippen LogP contribution in [0.4, 0.5) is 5.69 Å². The lowest BCUT2D eigenvalue weighted by Crippen LogP contribution is -2.34. The van der Waals surface area contributed by atoms with E-state index in [4.69, 9.17) is 17.3 Å². The van der Waals surface area contributed by atoms with Crippen molar-refractivity contribution in [2.75, 3.05) is 5.32 Å². The Hall–Kier alpha value is -1.13. The van der Waals surface area contributed by atoms with Gasteiger partial charge in [0, 0.05) is 18.2 Å². The number of rotatable bonds is 2. The van der Waals surface area contributed by atoms with Crippen LogP contribution in [-0.2, 0) is 4.79 Å². The summed E-state index contributed by atoms with van der Waals surface area (Å²) >= 11 is 5.96. The molecule has 1 aromatic rings. The van der Waals surface area contributed by atoms with Gasteiger partial charge in [-0.25, -0.2) is 4.98 Å². The fourth-order valence-electron chi connectivity index (χ4n) is 2.34. The van der Waals surface area contributed by atoms with Gasteiger partial charge in [0.05, 0.1) is 5.69 Å². The zero-order valence-corrected chi connectivity index (χ0v) is 11.2. The molecule has 3 N–H and O–H groups in total. The van der Waals surface area contributed by atoms with Crippen molar-refractivity contribution < 1.29 is 4.79 Å². The zero-order valence-electron chi connectivity index (χ0n) is 10.4. The van der Waals surface area contributed by atoms with Crippen LogP contribution >= 0.6 is 11.6 Å². The van der Waals surface area contributed by atoms with E-state index in [2.05, 4.69) is 10.3 Å². The standard InChI is InChI=1S/C13H18ClN3O/c1-8-5-11(12(14)16-7-8)17-13(18)9-3-2-4-10(15)6-9/h5,7,9-10H,2-4,6,15H2,1H3,(H,17,18). The van der Waals surface area contributed by atoms with Gasteiger partial charge in [-0.1, -0.05) is 18.0 Å². The van der Waals surface area contributed by atoms with Crippen molar-refractivity contribution in [2.45, 2.75) is 38.6 Å². The van der Waals surface area contributed by atoms with Gasteiger partial charge >= 0.3 is 0 Å². The molecule has 1 aliphatic carbocycles. The average molecular weight is 268 g/mol. The first-order valence-corrected chi connectivity index (χ1v) is 6.62. The maximum absolute atomic E-state index is 12.1. The second-order valence-electron chi connectivity index (χ2n) is 4.96. The maximum atomic E-state index is 12.1. The van der Waals surface area contributed by atoms with Crippen molar-refractivity contribution in [2.24, 2.45) is 11.7 Å². The van der Waals surface area contributed by atoms with Crippen LogP contribution < -0.4 is 11.1 Å². The number of pyridine rings is 1. The van der Waals surface area contributed by atoms with Gasteiger partial charge in [-0.2, -0.15) is 0 Å². The normalized spacial score (nSPS) is 23.7. The molecular formula is C13H18ClN3O. The molecule has 1 heterocycles. The highest BCUT2D eigenvalue weighted by atomic mass is 35.5. The van der Waals surface area contributed by atoms with E-state index in [1.807, 2.05) is 13.0 Å². The Kier molecular flexibility index (Phi) is 4.19. The van der Waals surface area contributed by atoms with Crippen LogP contribution in [0.25, 0.3) is 0 Å². The third-order valence-corrected chi connectivity index (χ3v) is 3.62. The molecule has 0 saturated heterocycles. The van der Waals surface area contributed by atoms with Crippen LogP contribution in [0.2, 0.25) is 5.15 Å². The van der Waals surface area contributed by atoms with E-state index in [0.717, 1.165) is 31.2 Å². The molecule has 2 atom stereocenters. The monoisotopic (exact) mass is 267 g/mol. The topological polar surface area (TPSA) is 68.0 Å². The minimum absolute atomic E-state index is 0.000509. The molecule has 0 radical (unpaired) electrons. The maximum Gasteiger partial charge on any atom is 0.227 e. The van der Waals surface area contributed by atoms with Crippen molar-refractivity contribution in [1.82, 2.24) is 4.98 Å². The molecule has 2 rings (SSSR count). The first kappa shape index (κ1) is 13.3. The van der Waals surface area contributed by atoms with Gasteiger partial charge in [0.1, 0.15) is 0 Å². The Morgan fingerprint density at radius 1 is 1.56 bits per heavy atom. The van der Waals surface area contributed by atoms with Crippen LogP contribution in [0, 0.1) is 12.8 Å². The summed E-state index contributed by atoms with van der Waals surface area (Å²) in [5, 5.41) is 3.18. The summed E-state index contributed by atoms with van der Waals surface area (Å²) in [6, 6.07) is 1.97. The van der Waals surface area contributed by atoms with Crippen molar-refractivity contribution in [1.29, 1.82) is 0 Å². The van der Waals surface area contributed by atoms with Crippen LogP contribution in [-0.4, -0.2) is 16.9 Å². The van der Waals surface area contributed by atoms with Gasteiger partial charge in [-0.15, -0.1) is 0 Å². The van der Waals surface area contributed by atoms with E-state index in [9.17, 15) is 4.79 Å². The lowest BCUT2D eigenvalue weighted by molar-refractivity contribution is -0.120. The van der Waals surface area contributed by atoms with Crippen LogP contribution in [0.3, 0.4) is 0 Å². The largest absolute Gasteiger partial charge is 0.328 e. The molecule has 1 fully saturated rings. The van der Waals surface area contributed by atoms with Gasteiger partial charge in [-0.05, 0) is 37.8 Å². The number of hydrogen-bond acceptors (Lipinski definition) is 3. The predicted molar refractivity (Wildman–Crippen MR) is 72.5 cm³/mol. The number of amides is 1. The average Bonchev–Trinajstić information content (AvgIpc) is 2.34. The van der Waals surface area contributed by atoms with Gasteiger partial charge in [0.2, 0.25) is 5.91 Å². The SMILES string of the molecule is Cc1cnc(Cl)c(NC(=O)C2CCCC(N)C2)c1. The number of nitrogens with one attached hydrogen (secondary N) is 1. The summed E-state index contributed by atoms with van der Waals surface area (Å²) in [5.74, 6) is -0.00946. The fourth-order valence-corrected chi connectivity index (χ4v) is 2.49. The van der Waals surface area contributed by atoms with Gasteiger partial charge < -0.3 is 11.1 Å². The number of carbonyl (C=O) groups excluding carboxylic acids is 1. The molecule has 0 spiro atoms.